The van der Waals surface area contributed by atoms with Gasteiger partial charge in [0, 0.05) is 43.1 Å². The maximum Gasteiger partial charge on any atom is 0.134 e. The van der Waals surface area contributed by atoms with E-state index >= 15 is 0 Å². The fourth-order valence-electron chi connectivity index (χ4n) is 4.58. The van der Waals surface area contributed by atoms with Crippen molar-refractivity contribution in [3.05, 3.63) is 41.6 Å². The van der Waals surface area contributed by atoms with Gasteiger partial charge < -0.3 is 4.90 Å². The number of hydrogen-bond donors (Lipinski definition) is 0. The summed E-state index contributed by atoms with van der Waals surface area (Å²) in [6.07, 6.45) is 7.95. The Bertz CT molecular complexity index is 677. The molecule has 1 unspecified atom stereocenters. The van der Waals surface area contributed by atoms with Gasteiger partial charge in [-0.25, -0.2) is 0 Å². The number of ketones is 2. The van der Waals surface area contributed by atoms with E-state index in [9.17, 15) is 9.59 Å². The van der Waals surface area contributed by atoms with Gasteiger partial charge in [0.1, 0.15) is 11.6 Å². The van der Waals surface area contributed by atoms with Crippen LogP contribution >= 0.6 is 0 Å². The first-order valence-electron chi connectivity index (χ1n) is 10.2. The average Bonchev–Trinajstić information content (AvgIpc) is 2.68. The molecule has 0 spiro atoms. The van der Waals surface area contributed by atoms with Crippen molar-refractivity contribution in [2.75, 3.05) is 4.90 Å². The fraction of sp³-hybridized carbons (Fsp3) is 0.565. The minimum Gasteiger partial charge on any atom is -0.342 e. The third-order valence-electron chi connectivity index (χ3n) is 5.99. The zero-order valence-corrected chi connectivity index (χ0v) is 16.2. The van der Waals surface area contributed by atoms with Crippen LogP contribution in [0.25, 0.3) is 0 Å². The lowest BCUT2D eigenvalue weighted by atomic mass is 9.76. The van der Waals surface area contributed by atoms with Crippen molar-refractivity contribution in [2.24, 2.45) is 5.92 Å². The van der Waals surface area contributed by atoms with Crippen LogP contribution in [0.5, 0.6) is 0 Å². The quantitative estimate of drug-likeness (QED) is 0.654. The molecule has 1 aromatic carbocycles. The van der Waals surface area contributed by atoms with E-state index in [1.807, 2.05) is 19.9 Å². The Labute approximate surface area is 157 Å². The topological polar surface area (TPSA) is 37.4 Å². The van der Waals surface area contributed by atoms with Crippen LogP contribution in [0.15, 0.2) is 41.6 Å². The Hall–Kier alpha value is -1.90. The first-order chi connectivity index (χ1) is 12.6. The van der Waals surface area contributed by atoms with Crippen molar-refractivity contribution in [3.8, 4) is 0 Å². The van der Waals surface area contributed by atoms with E-state index < -0.39 is 0 Å². The van der Waals surface area contributed by atoms with Gasteiger partial charge in [-0.3, -0.25) is 9.59 Å². The molecule has 2 aliphatic rings. The molecule has 26 heavy (non-hydrogen) atoms. The van der Waals surface area contributed by atoms with Gasteiger partial charge in [0.2, 0.25) is 0 Å². The molecule has 2 atom stereocenters. The molecule has 140 valence electrons. The van der Waals surface area contributed by atoms with Crippen LogP contribution in [0, 0.1) is 5.92 Å². The Morgan fingerprint density at radius 3 is 2.35 bits per heavy atom. The van der Waals surface area contributed by atoms with Crippen LogP contribution < -0.4 is 4.90 Å². The first kappa shape index (κ1) is 18.9. The van der Waals surface area contributed by atoms with Crippen molar-refractivity contribution in [2.45, 2.75) is 77.7 Å². The third-order valence-corrected chi connectivity index (χ3v) is 5.99. The Kier molecular flexibility index (Phi) is 6.29. The fourth-order valence-corrected chi connectivity index (χ4v) is 4.58. The van der Waals surface area contributed by atoms with Crippen LogP contribution in [0.3, 0.4) is 0 Å². The zero-order valence-electron chi connectivity index (χ0n) is 16.2. The number of anilines is 1. The highest BCUT2D eigenvalue weighted by molar-refractivity contribution is 5.80. The highest BCUT2D eigenvalue weighted by Crippen LogP contribution is 2.44. The SMILES string of the molecule is CCC(=O)CC1CCCC2=C1CC[C@H](CC(=O)CC)N2c1ccccc1. The van der Waals surface area contributed by atoms with E-state index in [0.29, 0.717) is 43.2 Å². The second-order valence-corrected chi connectivity index (χ2v) is 7.65. The van der Waals surface area contributed by atoms with Gasteiger partial charge in [-0.05, 0) is 55.7 Å². The molecule has 0 saturated heterocycles. The summed E-state index contributed by atoms with van der Waals surface area (Å²) in [5, 5.41) is 0. The minimum absolute atomic E-state index is 0.254. The number of nitrogens with zero attached hydrogens (tertiary/aromatic N) is 1. The van der Waals surface area contributed by atoms with Crippen molar-refractivity contribution in [3.63, 3.8) is 0 Å². The predicted molar refractivity (Wildman–Crippen MR) is 106 cm³/mol. The Balaban J connectivity index is 1.95. The molecule has 3 rings (SSSR count). The molecule has 3 nitrogen and oxygen atoms in total. The predicted octanol–water partition coefficient (Wildman–Crippen LogP) is 5.45. The minimum atomic E-state index is 0.254. The summed E-state index contributed by atoms with van der Waals surface area (Å²) in [4.78, 5) is 26.7. The lowest BCUT2D eigenvalue weighted by Gasteiger charge is -2.44. The third kappa shape index (κ3) is 4.08. The lowest BCUT2D eigenvalue weighted by molar-refractivity contribution is -0.120. The molecule has 1 aromatic rings. The van der Waals surface area contributed by atoms with Crippen molar-refractivity contribution in [1.82, 2.24) is 0 Å². The highest BCUT2D eigenvalue weighted by Gasteiger charge is 2.35. The highest BCUT2D eigenvalue weighted by atomic mass is 16.1. The van der Waals surface area contributed by atoms with E-state index in [1.165, 1.54) is 17.0 Å². The number of carbonyl (C=O) groups is 2. The molecule has 0 amide bonds. The van der Waals surface area contributed by atoms with Crippen LogP contribution in [0.4, 0.5) is 5.69 Å². The Morgan fingerprint density at radius 2 is 1.65 bits per heavy atom. The second-order valence-electron chi connectivity index (χ2n) is 7.65. The van der Waals surface area contributed by atoms with Gasteiger partial charge in [0.05, 0.1) is 0 Å². The van der Waals surface area contributed by atoms with Crippen LogP contribution in [-0.4, -0.2) is 17.6 Å². The Morgan fingerprint density at radius 1 is 0.962 bits per heavy atom. The number of rotatable bonds is 7. The maximum absolute atomic E-state index is 12.2. The summed E-state index contributed by atoms with van der Waals surface area (Å²) in [5.41, 5.74) is 4.08. The van der Waals surface area contributed by atoms with Gasteiger partial charge in [-0.1, -0.05) is 32.0 Å². The number of para-hydroxylation sites is 1. The smallest absolute Gasteiger partial charge is 0.134 e. The summed E-state index contributed by atoms with van der Waals surface area (Å²) >= 11 is 0. The van der Waals surface area contributed by atoms with Gasteiger partial charge in [-0.15, -0.1) is 0 Å². The van der Waals surface area contributed by atoms with E-state index in [1.54, 1.807) is 0 Å². The molecular weight excluding hydrogens is 322 g/mol. The van der Waals surface area contributed by atoms with E-state index in [0.717, 1.165) is 32.1 Å². The molecule has 1 aliphatic heterocycles. The number of benzene rings is 1. The molecule has 0 saturated carbocycles. The molecule has 0 aromatic heterocycles. The summed E-state index contributed by atoms with van der Waals surface area (Å²) < 4.78 is 0. The number of carbonyl (C=O) groups excluding carboxylic acids is 2. The molecule has 1 heterocycles. The van der Waals surface area contributed by atoms with Crippen molar-refractivity contribution in [1.29, 1.82) is 0 Å². The first-order valence-corrected chi connectivity index (χ1v) is 10.2. The van der Waals surface area contributed by atoms with Crippen molar-refractivity contribution < 1.29 is 9.59 Å². The van der Waals surface area contributed by atoms with Crippen LogP contribution in [-0.2, 0) is 9.59 Å². The molecule has 0 fully saturated rings. The molecule has 0 bridgehead atoms. The van der Waals surface area contributed by atoms with Gasteiger partial charge in [0.25, 0.3) is 0 Å². The molecule has 1 aliphatic carbocycles. The molecule has 0 N–H and O–H groups in total. The summed E-state index contributed by atoms with van der Waals surface area (Å²) in [5.74, 6) is 1.12. The summed E-state index contributed by atoms with van der Waals surface area (Å²) in [7, 11) is 0. The van der Waals surface area contributed by atoms with Crippen molar-refractivity contribution >= 4 is 17.3 Å². The molecule has 0 radical (unpaired) electrons. The monoisotopic (exact) mass is 353 g/mol. The van der Waals surface area contributed by atoms with Gasteiger partial charge in [-0.2, -0.15) is 0 Å². The molecule has 3 heteroatoms. The summed E-state index contributed by atoms with van der Waals surface area (Å²) in [6.45, 7) is 3.92. The normalized spacial score (nSPS) is 22.9. The second kappa shape index (κ2) is 8.66. The van der Waals surface area contributed by atoms with E-state index in [4.69, 9.17) is 0 Å². The maximum atomic E-state index is 12.2. The van der Waals surface area contributed by atoms with Gasteiger partial charge >= 0.3 is 0 Å². The number of Topliss-reactive ketones (excluding diaryl/α,β-unsaturated/α-hetero) is 2. The van der Waals surface area contributed by atoms with Crippen LogP contribution in [0.1, 0.15) is 71.6 Å². The zero-order chi connectivity index (χ0) is 18.5. The van der Waals surface area contributed by atoms with Crippen LogP contribution in [0.2, 0.25) is 0 Å². The standard InChI is InChI=1S/C23H31NO2/c1-3-20(25)15-17-9-8-12-23-22(17)14-13-19(16-21(26)4-2)24(23)18-10-6-5-7-11-18/h5-7,10-11,17,19H,3-4,8-9,12-16H2,1-2H3/t17?,19-/m1/s1. The van der Waals surface area contributed by atoms with E-state index in [-0.39, 0.29) is 6.04 Å². The lowest BCUT2D eigenvalue weighted by Crippen LogP contribution is -2.42. The largest absolute Gasteiger partial charge is 0.342 e. The summed E-state index contributed by atoms with van der Waals surface area (Å²) in [6, 6.07) is 10.7. The van der Waals surface area contributed by atoms with Gasteiger partial charge in [0.15, 0.2) is 0 Å². The van der Waals surface area contributed by atoms with E-state index in [2.05, 4.69) is 29.2 Å². The molecular formula is C23H31NO2. The average molecular weight is 354 g/mol. The number of hydrogen-bond acceptors (Lipinski definition) is 3. The number of allylic oxidation sites excluding steroid dienone is 2.